The van der Waals surface area contributed by atoms with Crippen LogP contribution >= 0.6 is 0 Å². The van der Waals surface area contributed by atoms with E-state index in [0.717, 1.165) is 37.1 Å². The molecule has 0 fully saturated rings. The third kappa shape index (κ3) is 0.683. The lowest BCUT2D eigenvalue weighted by atomic mass is 10.0. The first-order valence-corrected chi connectivity index (χ1v) is 3.49. The molecule has 54 valence electrons. The van der Waals surface area contributed by atoms with Crippen LogP contribution in [0, 0.1) is 5.21 Å². The maximum Gasteiger partial charge on any atom is 0.0855 e. The zero-order valence-electron chi connectivity index (χ0n) is 5.58. The molecule has 0 atom stereocenters. The predicted molar refractivity (Wildman–Crippen MR) is 35.4 cm³/mol. The van der Waals surface area contributed by atoms with Crippen LogP contribution in [-0.2, 0) is 12.8 Å². The number of fused-ring (bicyclic) bond motifs is 1. The van der Waals surface area contributed by atoms with Crippen LogP contribution in [0.4, 0.5) is 0 Å². The Kier molecular flexibility index (Phi) is 1.12. The van der Waals surface area contributed by atoms with Gasteiger partial charge in [-0.1, -0.05) is 5.21 Å². The molecule has 1 heterocycles. The molecule has 1 aliphatic carbocycles. The van der Waals surface area contributed by atoms with Gasteiger partial charge in [0, 0.05) is 0 Å². The molecule has 2 rings (SSSR count). The van der Waals surface area contributed by atoms with Gasteiger partial charge in [0.25, 0.3) is 0 Å². The van der Waals surface area contributed by atoms with Gasteiger partial charge in [-0.2, -0.15) is 0 Å². The summed E-state index contributed by atoms with van der Waals surface area (Å²) in [5.74, 6) is 0. The molecular weight excluding hydrogens is 130 g/mol. The van der Waals surface area contributed by atoms with Gasteiger partial charge in [0.1, 0.15) is 0 Å². The normalized spacial score (nSPS) is 16.8. The molecule has 0 bridgehead atoms. The predicted octanol–water partition coefficient (Wildman–Crippen LogP) is 0.503. The molecule has 0 amide bonds. The van der Waals surface area contributed by atoms with Crippen molar-refractivity contribution in [2.24, 2.45) is 0 Å². The van der Waals surface area contributed by atoms with Crippen molar-refractivity contribution in [1.29, 1.82) is 0 Å². The quantitative estimate of drug-likeness (QED) is 0.524. The number of nitrogens with zero attached hydrogens (tertiary/aromatic N) is 3. The fraction of sp³-hybridized carbons (Fsp3) is 0.667. The lowest BCUT2D eigenvalue weighted by Gasteiger charge is -2.13. The highest BCUT2D eigenvalue weighted by atomic mass is 16.5. The van der Waals surface area contributed by atoms with Gasteiger partial charge in [0.15, 0.2) is 0 Å². The highest BCUT2D eigenvalue weighted by molar-refractivity contribution is 5.13. The molecule has 0 N–H and O–H groups in total. The number of hydrogen-bond donors (Lipinski definition) is 0. The van der Waals surface area contributed by atoms with Crippen LogP contribution in [0.15, 0.2) is 0 Å². The first-order valence-electron chi connectivity index (χ1n) is 3.49. The Balaban J connectivity index is 2.45. The first kappa shape index (κ1) is 5.70. The summed E-state index contributed by atoms with van der Waals surface area (Å²) in [6.07, 6.45) is 4.03. The maximum absolute atomic E-state index is 10.8. The molecule has 0 unspecified atom stereocenters. The Morgan fingerprint density at radius 1 is 1.30 bits per heavy atom. The fourth-order valence-electron chi connectivity index (χ4n) is 1.34. The third-order valence-electron chi connectivity index (χ3n) is 1.89. The van der Waals surface area contributed by atoms with Gasteiger partial charge in [0.2, 0.25) is 0 Å². The number of aryl methyl sites for hydroxylation is 1. The van der Waals surface area contributed by atoms with E-state index in [4.69, 9.17) is 0 Å². The molecule has 1 aromatic rings. The smallest absolute Gasteiger partial charge is 0.0855 e. The third-order valence-corrected chi connectivity index (χ3v) is 1.89. The summed E-state index contributed by atoms with van der Waals surface area (Å²) in [7, 11) is 0. The highest BCUT2D eigenvalue weighted by Gasteiger charge is 2.12. The second-order valence-electron chi connectivity index (χ2n) is 2.56. The summed E-state index contributed by atoms with van der Waals surface area (Å²) in [4.78, 5) is 0.647. The zero-order valence-corrected chi connectivity index (χ0v) is 5.58. The van der Waals surface area contributed by atoms with E-state index in [2.05, 4.69) is 10.3 Å². The highest BCUT2D eigenvalue weighted by Crippen LogP contribution is 2.17. The maximum atomic E-state index is 10.8. The molecule has 0 radical (unpaired) electrons. The average Bonchev–Trinajstić information content (AvgIpc) is 2.34. The van der Waals surface area contributed by atoms with Crippen LogP contribution in [0.2, 0.25) is 0 Å². The zero-order chi connectivity index (χ0) is 6.97. The second kappa shape index (κ2) is 1.97. The second-order valence-corrected chi connectivity index (χ2v) is 2.56. The van der Waals surface area contributed by atoms with Crippen LogP contribution in [-0.4, -0.2) is 15.2 Å². The lowest BCUT2D eigenvalue weighted by molar-refractivity contribution is 0.652. The fourth-order valence-corrected chi connectivity index (χ4v) is 1.34. The summed E-state index contributed by atoms with van der Waals surface area (Å²) in [6.45, 7) is 0. The van der Waals surface area contributed by atoms with Crippen LogP contribution in [0.3, 0.4) is 0 Å². The van der Waals surface area contributed by atoms with E-state index in [1.807, 2.05) is 0 Å². The van der Waals surface area contributed by atoms with Crippen LogP contribution in [0.25, 0.3) is 0 Å². The first-order chi connectivity index (χ1) is 4.88. The molecule has 0 aromatic carbocycles. The molecule has 0 aliphatic heterocycles. The van der Waals surface area contributed by atoms with Gasteiger partial charge in [-0.05, 0) is 25.7 Å². The van der Waals surface area contributed by atoms with Gasteiger partial charge in [0.05, 0.1) is 11.4 Å². The average molecular weight is 138 g/mol. The minimum absolute atomic E-state index is 0.647. The lowest BCUT2D eigenvalue weighted by Crippen LogP contribution is -2.04. The van der Waals surface area contributed by atoms with Crippen molar-refractivity contribution in [2.75, 3.05) is 0 Å². The van der Waals surface area contributed by atoms with Crippen molar-refractivity contribution in [2.45, 2.75) is 25.7 Å². The van der Waals surface area contributed by atoms with Crippen molar-refractivity contribution in [3.8, 4) is 0 Å². The van der Waals surface area contributed by atoms with Crippen molar-refractivity contribution >= 4 is 0 Å². The SMILES string of the molecule is [O-]n1nnc2c1CCCC2. The molecule has 10 heavy (non-hydrogen) atoms. The Bertz CT molecular complexity index is 243. The van der Waals surface area contributed by atoms with Crippen molar-refractivity contribution in [1.82, 2.24) is 15.2 Å². The number of hydrogen-bond acceptors (Lipinski definition) is 3. The monoisotopic (exact) mass is 138 g/mol. The van der Waals surface area contributed by atoms with Gasteiger partial charge in [-0.15, -0.1) is 5.10 Å². The largest absolute Gasteiger partial charge is 0.789 e. The van der Waals surface area contributed by atoms with Crippen molar-refractivity contribution < 1.29 is 0 Å². The Morgan fingerprint density at radius 3 is 2.90 bits per heavy atom. The van der Waals surface area contributed by atoms with Crippen molar-refractivity contribution in [3.05, 3.63) is 16.6 Å². The van der Waals surface area contributed by atoms with E-state index in [9.17, 15) is 5.21 Å². The minimum atomic E-state index is 0.647. The van der Waals surface area contributed by atoms with Gasteiger partial charge in [-0.25, -0.2) is 0 Å². The minimum Gasteiger partial charge on any atom is -0.789 e. The van der Waals surface area contributed by atoms with E-state index in [-0.39, 0.29) is 0 Å². The summed E-state index contributed by atoms with van der Waals surface area (Å²) in [5.41, 5.74) is 1.69. The van der Waals surface area contributed by atoms with E-state index < -0.39 is 0 Å². The molecule has 1 aliphatic rings. The molecular formula is C6H8N3O-. The molecule has 4 heteroatoms. The number of rotatable bonds is 0. The Hall–Kier alpha value is -1.06. The van der Waals surface area contributed by atoms with Crippen LogP contribution < -0.4 is 0 Å². The van der Waals surface area contributed by atoms with E-state index in [1.54, 1.807) is 0 Å². The summed E-state index contributed by atoms with van der Waals surface area (Å²) >= 11 is 0. The van der Waals surface area contributed by atoms with Gasteiger partial charge in [-0.3, -0.25) is 4.85 Å². The van der Waals surface area contributed by atoms with Crippen LogP contribution in [0.1, 0.15) is 24.2 Å². The summed E-state index contributed by atoms with van der Waals surface area (Å²) < 4.78 is 0. The van der Waals surface area contributed by atoms with Gasteiger partial charge >= 0.3 is 0 Å². The van der Waals surface area contributed by atoms with E-state index in [0.29, 0.717) is 4.85 Å². The molecule has 0 saturated carbocycles. The van der Waals surface area contributed by atoms with Crippen LogP contribution in [0.5, 0.6) is 0 Å². The summed E-state index contributed by atoms with van der Waals surface area (Å²) in [6, 6.07) is 0. The molecule has 1 aromatic heterocycles. The van der Waals surface area contributed by atoms with E-state index in [1.165, 1.54) is 0 Å². The van der Waals surface area contributed by atoms with Gasteiger partial charge < -0.3 is 5.21 Å². The topological polar surface area (TPSA) is 53.8 Å². The molecule has 0 saturated heterocycles. The summed E-state index contributed by atoms with van der Waals surface area (Å²) in [5, 5.41) is 18.0. The molecule has 0 spiro atoms. The Labute approximate surface area is 58.4 Å². The van der Waals surface area contributed by atoms with Crippen molar-refractivity contribution in [3.63, 3.8) is 0 Å². The number of aromatic nitrogens is 3. The standard InChI is InChI=1S/C6H8N3O/c10-9-6-4-2-1-3-5(6)7-8-9/h1-4H2/q-1. The van der Waals surface area contributed by atoms with E-state index >= 15 is 0 Å². The molecule has 4 nitrogen and oxygen atoms in total. The Morgan fingerprint density at radius 2 is 2.10 bits per heavy atom.